The summed E-state index contributed by atoms with van der Waals surface area (Å²) in [7, 11) is 2.77. The van der Waals surface area contributed by atoms with E-state index in [1.807, 2.05) is 0 Å². The fraction of sp³-hybridized carbons (Fsp3) is 0.533. The zero-order valence-corrected chi connectivity index (χ0v) is 11.8. The molecule has 1 N–H and O–H groups in total. The molecule has 1 aliphatic carbocycles. The maximum absolute atomic E-state index is 11.5. The van der Waals surface area contributed by atoms with Crippen LogP contribution in [0.1, 0.15) is 37.4 Å². The molecular weight excluding hydrogens is 260 g/mol. The SMILES string of the molecule is COC(=O)C(O)c1cccc(OC)c1OC1CCCC1. The normalized spacial score (nSPS) is 16.8. The Hall–Kier alpha value is -1.75. The first-order valence-electron chi connectivity index (χ1n) is 6.76. The maximum atomic E-state index is 11.5. The summed E-state index contributed by atoms with van der Waals surface area (Å²) in [5.74, 6) is 0.228. The summed E-state index contributed by atoms with van der Waals surface area (Å²) in [5, 5.41) is 10.1. The second kappa shape index (κ2) is 6.61. The summed E-state index contributed by atoms with van der Waals surface area (Å²) >= 11 is 0. The van der Waals surface area contributed by atoms with Gasteiger partial charge in [-0.3, -0.25) is 0 Å². The van der Waals surface area contributed by atoms with Crippen molar-refractivity contribution in [3.05, 3.63) is 23.8 Å². The molecule has 20 heavy (non-hydrogen) atoms. The van der Waals surface area contributed by atoms with Gasteiger partial charge in [-0.05, 0) is 31.7 Å². The third-order valence-corrected chi connectivity index (χ3v) is 3.54. The van der Waals surface area contributed by atoms with Crippen molar-refractivity contribution in [3.63, 3.8) is 0 Å². The molecule has 1 saturated carbocycles. The molecule has 110 valence electrons. The number of aliphatic hydroxyl groups excluding tert-OH is 1. The van der Waals surface area contributed by atoms with Gasteiger partial charge in [-0.15, -0.1) is 0 Å². The van der Waals surface area contributed by atoms with E-state index in [9.17, 15) is 9.90 Å². The summed E-state index contributed by atoms with van der Waals surface area (Å²) in [6.07, 6.45) is 2.96. The van der Waals surface area contributed by atoms with Crippen molar-refractivity contribution in [1.29, 1.82) is 0 Å². The summed E-state index contributed by atoms with van der Waals surface area (Å²) in [4.78, 5) is 11.5. The predicted molar refractivity (Wildman–Crippen MR) is 72.9 cm³/mol. The monoisotopic (exact) mass is 280 g/mol. The quantitative estimate of drug-likeness (QED) is 0.838. The Bertz CT molecular complexity index is 465. The van der Waals surface area contributed by atoms with Gasteiger partial charge in [0.25, 0.3) is 0 Å². The van der Waals surface area contributed by atoms with Crippen molar-refractivity contribution < 1.29 is 24.1 Å². The first kappa shape index (κ1) is 14.7. The van der Waals surface area contributed by atoms with Crippen LogP contribution in [0.15, 0.2) is 18.2 Å². The third-order valence-electron chi connectivity index (χ3n) is 3.54. The number of carbonyl (C=O) groups excluding carboxylic acids is 1. The molecule has 0 aromatic heterocycles. The number of carbonyl (C=O) groups is 1. The maximum Gasteiger partial charge on any atom is 0.339 e. The second-order valence-electron chi connectivity index (χ2n) is 4.83. The van der Waals surface area contributed by atoms with Crippen molar-refractivity contribution in [3.8, 4) is 11.5 Å². The van der Waals surface area contributed by atoms with Crippen LogP contribution in [0.5, 0.6) is 11.5 Å². The number of rotatable bonds is 5. The minimum Gasteiger partial charge on any atom is -0.493 e. The van der Waals surface area contributed by atoms with E-state index in [2.05, 4.69) is 4.74 Å². The summed E-state index contributed by atoms with van der Waals surface area (Å²) in [6, 6.07) is 5.11. The molecule has 0 amide bonds. The number of methoxy groups -OCH3 is 2. The van der Waals surface area contributed by atoms with Crippen LogP contribution in [0.3, 0.4) is 0 Å². The van der Waals surface area contributed by atoms with E-state index in [-0.39, 0.29) is 6.10 Å². The minimum absolute atomic E-state index is 0.106. The first-order valence-corrected chi connectivity index (χ1v) is 6.76. The standard InChI is InChI=1S/C15H20O5/c1-18-12-9-5-8-11(13(16)15(17)19-2)14(12)20-10-6-3-4-7-10/h5,8-10,13,16H,3-4,6-7H2,1-2H3. The minimum atomic E-state index is -1.37. The largest absolute Gasteiger partial charge is 0.493 e. The molecule has 0 heterocycles. The van der Waals surface area contributed by atoms with E-state index in [0.717, 1.165) is 25.7 Å². The molecule has 1 aromatic rings. The highest BCUT2D eigenvalue weighted by Gasteiger charge is 2.27. The molecule has 5 heteroatoms. The Balaban J connectivity index is 2.31. The van der Waals surface area contributed by atoms with Crippen LogP contribution in [-0.2, 0) is 9.53 Å². The lowest BCUT2D eigenvalue weighted by Gasteiger charge is -2.20. The van der Waals surface area contributed by atoms with Crippen molar-refractivity contribution in [2.75, 3.05) is 14.2 Å². The highest BCUT2D eigenvalue weighted by atomic mass is 16.5. The Kier molecular flexibility index (Phi) is 4.84. The fourth-order valence-corrected chi connectivity index (χ4v) is 2.45. The topological polar surface area (TPSA) is 65.0 Å². The second-order valence-corrected chi connectivity index (χ2v) is 4.83. The van der Waals surface area contributed by atoms with Crippen LogP contribution in [0.2, 0.25) is 0 Å². The fourth-order valence-electron chi connectivity index (χ4n) is 2.45. The highest BCUT2D eigenvalue weighted by molar-refractivity contribution is 5.77. The molecule has 1 unspecified atom stereocenters. The van der Waals surface area contributed by atoms with Gasteiger partial charge in [0.1, 0.15) is 0 Å². The van der Waals surface area contributed by atoms with Crippen LogP contribution >= 0.6 is 0 Å². The number of benzene rings is 1. The average molecular weight is 280 g/mol. The van der Waals surface area contributed by atoms with Gasteiger partial charge in [0.05, 0.1) is 20.3 Å². The van der Waals surface area contributed by atoms with Crippen LogP contribution in [0.25, 0.3) is 0 Å². The molecule has 0 bridgehead atoms. The van der Waals surface area contributed by atoms with Crippen molar-refractivity contribution >= 4 is 5.97 Å². The van der Waals surface area contributed by atoms with E-state index in [0.29, 0.717) is 17.1 Å². The van der Waals surface area contributed by atoms with Crippen molar-refractivity contribution in [2.45, 2.75) is 37.9 Å². The number of hydrogen-bond donors (Lipinski definition) is 1. The molecule has 2 rings (SSSR count). The van der Waals surface area contributed by atoms with Gasteiger partial charge >= 0.3 is 5.97 Å². The van der Waals surface area contributed by atoms with E-state index >= 15 is 0 Å². The van der Waals surface area contributed by atoms with Crippen LogP contribution in [0.4, 0.5) is 0 Å². The van der Waals surface area contributed by atoms with E-state index < -0.39 is 12.1 Å². The van der Waals surface area contributed by atoms with Crippen molar-refractivity contribution in [2.24, 2.45) is 0 Å². The van der Waals surface area contributed by atoms with E-state index in [1.54, 1.807) is 18.2 Å². The number of para-hydroxylation sites is 1. The molecule has 0 saturated heterocycles. The Morgan fingerprint density at radius 1 is 1.30 bits per heavy atom. The molecule has 0 spiro atoms. The van der Waals surface area contributed by atoms with Gasteiger partial charge in [-0.2, -0.15) is 0 Å². The van der Waals surface area contributed by atoms with Gasteiger partial charge < -0.3 is 19.3 Å². The molecule has 5 nitrogen and oxygen atoms in total. The average Bonchev–Trinajstić information content (AvgIpc) is 2.99. The van der Waals surface area contributed by atoms with Crippen molar-refractivity contribution in [1.82, 2.24) is 0 Å². The zero-order valence-electron chi connectivity index (χ0n) is 11.8. The summed E-state index contributed by atoms with van der Waals surface area (Å²) < 4.78 is 15.8. The first-order chi connectivity index (χ1) is 9.67. The van der Waals surface area contributed by atoms with Gasteiger partial charge in [0.2, 0.25) is 0 Å². The molecule has 0 aliphatic heterocycles. The molecule has 1 fully saturated rings. The molecule has 1 atom stereocenters. The van der Waals surface area contributed by atoms with Crippen LogP contribution in [-0.4, -0.2) is 31.4 Å². The molecule has 0 radical (unpaired) electrons. The van der Waals surface area contributed by atoms with Gasteiger partial charge in [-0.25, -0.2) is 4.79 Å². The van der Waals surface area contributed by atoms with Crippen LogP contribution < -0.4 is 9.47 Å². The zero-order chi connectivity index (χ0) is 14.5. The number of ether oxygens (including phenoxy) is 3. The lowest BCUT2D eigenvalue weighted by atomic mass is 10.1. The third kappa shape index (κ3) is 3.04. The highest BCUT2D eigenvalue weighted by Crippen LogP contribution is 2.38. The number of esters is 1. The number of hydrogen-bond acceptors (Lipinski definition) is 5. The lowest BCUT2D eigenvalue weighted by molar-refractivity contribution is -0.150. The Morgan fingerprint density at radius 3 is 2.60 bits per heavy atom. The molecular formula is C15H20O5. The Morgan fingerprint density at radius 2 is 2.00 bits per heavy atom. The number of aliphatic hydroxyl groups is 1. The summed E-state index contributed by atoms with van der Waals surface area (Å²) in [6.45, 7) is 0. The van der Waals surface area contributed by atoms with E-state index in [4.69, 9.17) is 9.47 Å². The van der Waals surface area contributed by atoms with Gasteiger partial charge in [0.15, 0.2) is 17.6 Å². The van der Waals surface area contributed by atoms with Gasteiger partial charge in [0, 0.05) is 5.56 Å². The van der Waals surface area contributed by atoms with Gasteiger partial charge in [-0.1, -0.05) is 12.1 Å². The lowest BCUT2D eigenvalue weighted by Crippen LogP contribution is -2.18. The summed E-state index contributed by atoms with van der Waals surface area (Å²) in [5.41, 5.74) is 0.378. The molecule has 1 aromatic carbocycles. The van der Waals surface area contributed by atoms with E-state index in [1.165, 1.54) is 14.2 Å². The van der Waals surface area contributed by atoms with Crippen LogP contribution in [0, 0.1) is 0 Å². The predicted octanol–water partition coefficient (Wildman–Crippen LogP) is 2.22. The Labute approximate surface area is 118 Å². The molecule has 1 aliphatic rings. The smallest absolute Gasteiger partial charge is 0.339 e.